The molecule has 1 aliphatic rings. The molecule has 1 aliphatic heterocycles. The minimum Gasteiger partial charge on any atom is -0.438 e. The molecule has 1 heterocycles. The van der Waals surface area contributed by atoms with Gasteiger partial charge in [-0.1, -0.05) is 24.3 Å². The Kier molecular flexibility index (Phi) is 7.28. The molecule has 3 amide bonds. The Hall–Kier alpha value is -4.27. The first-order valence-corrected chi connectivity index (χ1v) is 11.4. The Balaban J connectivity index is 1.54. The van der Waals surface area contributed by atoms with Gasteiger partial charge in [0.05, 0.1) is 6.54 Å². The molecule has 36 heavy (non-hydrogen) atoms. The molecule has 2 N–H and O–H groups in total. The third-order valence-electron chi connectivity index (χ3n) is 5.65. The van der Waals surface area contributed by atoms with Crippen LogP contribution < -0.4 is 10.6 Å². The number of hydrogen-bond donors (Lipinski definition) is 2. The summed E-state index contributed by atoms with van der Waals surface area (Å²) in [6.07, 6.45) is -1.56. The summed E-state index contributed by atoms with van der Waals surface area (Å²) in [7, 11) is 0. The normalized spacial score (nSPS) is 17.1. The minimum absolute atomic E-state index is 0.0671. The van der Waals surface area contributed by atoms with Gasteiger partial charge in [0, 0.05) is 17.3 Å². The highest BCUT2D eigenvalue weighted by molar-refractivity contribution is 6.04. The van der Waals surface area contributed by atoms with Gasteiger partial charge >= 0.3 is 6.09 Å². The van der Waals surface area contributed by atoms with E-state index in [1.54, 1.807) is 36.4 Å². The van der Waals surface area contributed by atoms with Crippen LogP contribution in [-0.2, 0) is 16.1 Å². The molecule has 1 saturated heterocycles. The Bertz CT molecular complexity index is 1250. The maximum atomic E-state index is 13.3. The molecule has 0 saturated carbocycles. The zero-order chi connectivity index (χ0) is 25.8. The van der Waals surface area contributed by atoms with Crippen molar-refractivity contribution in [2.75, 3.05) is 5.32 Å². The number of carbonyl (C=O) groups excluding carboxylic acids is 3. The van der Waals surface area contributed by atoms with Crippen LogP contribution in [0.3, 0.4) is 0 Å². The van der Waals surface area contributed by atoms with Crippen molar-refractivity contribution in [2.45, 2.75) is 38.6 Å². The van der Waals surface area contributed by atoms with Crippen LogP contribution in [0, 0.1) is 11.6 Å². The molecule has 2 atom stereocenters. The maximum Gasteiger partial charge on any atom is 0.411 e. The fraction of sp³-hybridized carbons (Fsp3) is 0.222. The van der Waals surface area contributed by atoms with Gasteiger partial charge in [-0.2, -0.15) is 0 Å². The number of hydrogen-bond acceptors (Lipinski definition) is 4. The second-order valence-electron chi connectivity index (χ2n) is 8.75. The number of cyclic esters (lactones) is 1. The van der Waals surface area contributed by atoms with Crippen molar-refractivity contribution in [3.8, 4) is 0 Å². The van der Waals surface area contributed by atoms with Gasteiger partial charge < -0.3 is 15.4 Å². The molecule has 1 fully saturated rings. The zero-order valence-electron chi connectivity index (χ0n) is 19.7. The molecule has 9 heteroatoms. The third-order valence-corrected chi connectivity index (χ3v) is 5.65. The quantitative estimate of drug-likeness (QED) is 0.495. The predicted octanol–water partition coefficient (Wildman–Crippen LogP) is 4.80. The van der Waals surface area contributed by atoms with Crippen molar-refractivity contribution in [2.24, 2.45) is 0 Å². The van der Waals surface area contributed by atoms with E-state index in [2.05, 4.69) is 10.6 Å². The largest absolute Gasteiger partial charge is 0.438 e. The highest BCUT2D eigenvalue weighted by atomic mass is 19.1. The van der Waals surface area contributed by atoms with Gasteiger partial charge in [-0.25, -0.2) is 13.6 Å². The second-order valence-corrected chi connectivity index (χ2v) is 8.75. The molecule has 0 spiro atoms. The summed E-state index contributed by atoms with van der Waals surface area (Å²) < 4.78 is 32.0. The average Bonchev–Trinajstić information content (AvgIpc) is 3.17. The molecule has 186 valence electrons. The smallest absolute Gasteiger partial charge is 0.411 e. The van der Waals surface area contributed by atoms with Crippen LogP contribution in [0.5, 0.6) is 0 Å². The number of anilines is 1. The lowest BCUT2D eigenvalue weighted by Gasteiger charge is -2.25. The SMILES string of the molecule is CC(C)NC(=O)C1C(c2ccc(NC(=O)c3ccc(F)cc3)cc2)OC(=O)N1Cc1ccc(F)cc1. The summed E-state index contributed by atoms with van der Waals surface area (Å²) in [5, 5.41) is 5.55. The summed E-state index contributed by atoms with van der Waals surface area (Å²) in [6.45, 7) is 3.69. The van der Waals surface area contributed by atoms with E-state index in [-0.39, 0.29) is 18.5 Å². The second kappa shape index (κ2) is 10.6. The van der Waals surface area contributed by atoms with Gasteiger partial charge in [0.2, 0.25) is 5.91 Å². The van der Waals surface area contributed by atoms with Crippen molar-refractivity contribution >= 4 is 23.6 Å². The van der Waals surface area contributed by atoms with E-state index >= 15 is 0 Å². The molecule has 7 nitrogen and oxygen atoms in total. The van der Waals surface area contributed by atoms with E-state index in [0.717, 1.165) is 0 Å². The number of nitrogens with one attached hydrogen (secondary N) is 2. The van der Waals surface area contributed by atoms with Crippen LogP contribution in [0.25, 0.3) is 0 Å². The van der Waals surface area contributed by atoms with Crippen molar-refractivity contribution in [3.05, 3.63) is 101 Å². The van der Waals surface area contributed by atoms with Crippen molar-refractivity contribution in [1.29, 1.82) is 0 Å². The van der Waals surface area contributed by atoms with E-state index < -0.39 is 35.8 Å². The predicted molar refractivity (Wildman–Crippen MR) is 129 cm³/mol. The molecular weight excluding hydrogens is 468 g/mol. The highest BCUT2D eigenvalue weighted by Gasteiger charge is 2.47. The van der Waals surface area contributed by atoms with Gasteiger partial charge in [0.1, 0.15) is 11.6 Å². The average molecular weight is 494 g/mol. The summed E-state index contributed by atoms with van der Waals surface area (Å²) >= 11 is 0. The summed E-state index contributed by atoms with van der Waals surface area (Å²) in [5.74, 6) is -1.63. The van der Waals surface area contributed by atoms with Gasteiger partial charge in [0.25, 0.3) is 5.91 Å². The molecule has 3 aromatic rings. The molecule has 0 radical (unpaired) electrons. The number of nitrogens with zero attached hydrogens (tertiary/aromatic N) is 1. The van der Waals surface area contributed by atoms with Crippen LogP contribution in [0.2, 0.25) is 0 Å². The van der Waals surface area contributed by atoms with E-state index in [1.165, 1.54) is 41.3 Å². The highest BCUT2D eigenvalue weighted by Crippen LogP contribution is 2.34. The molecule has 0 aromatic heterocycles. The standard InChI is InChI=1S/C27H25F2N3O4/c1-16(2)30-26(34)23-24(36-27(35)32(23)15-17-3-9-20(28)10-4-17)18-7-13-22(14-8-18)31-25(33)19-5-11-21(29)12-6-19/h3-14,16,23-24H,15H2,1-2H3,(H,30,34)(H,31,33). The topological polar surface area (TPSA) is 87.7 Å². The number of carbonyl (C=O) groups is 3. The first-order valence-electron chi connectivity index (χ1n) is 11.4. The number of halogens is 2. The van der Waals surface area contributed by atoms with Crippen LogP contribution in [0.15, 0.2) is 72.8 Å². The number of rotatable bonds is 7. The molecular formula is C27H25F2N3O4. The lowest BCUT2D eigenvalue weighted by Crippen LogP contribution is -2.48. The molecule has 0 bridgehead atoms. The first kappa shape index (κ1) is 24.8. The fourth-order valence-corrected chi connectivity index (χ4v) is 3.93. The van der Waals surface area contributed by atoms with Gasteiger partial charge in [-0.3, -0.25) is 14.5 Å². The van der Waals surface area contributed by atoms with E-state index in [4.69, 9.17) is 4.74 Å². The number of ether oxygens (including phenoxy) is 1. The van der Waals surface area contributed by atoms with Crippen LogP contribution >= 0.6 is 0 Å². The summed E-state index contributed by atoms with van der Waals surface area (Å²) in [5.41, 5.74) is 1.99. The lowest BCUT2D eigenvalue weighted by molar-refractivity contribution is -0.126. The van der Waals surface area contributed by atoms with Crippen LogP contribution in [0.4, 0.5) is 19.3 Å². The molecule has 3 aromatic carbocycles. The zero-order valence-corrected chi connectivity index (χ0v) is 19.7. The summed E-state index contributed by atoms with van der Waals surface area (Å²) in [6, 6.07) is 16.3. The minimum atomic E-state index is -0.954. The Morgan fingerprint density at radius 1 is 0.917 bits per heavy atom. The Labute approximate surface area is 207 Å². The maximum absolute atomic E-state index is 13.3. The lowest BCUT2D eigenvalue weighted by atomic mass is 10.00. The summed E-state index contributed by atoms with van der Waals surface area (Å²) in [4.78, 5) is 39.6. The van der Waals surface area contributed by atoms with Crippen molar-refractivity contribution in [3.63, 3.8) is 0 Å². The van der Waals surface area contributed by atoms with E-state index in [0.29, 0.717) is 22.4 Å². The fourth-order valence-electron chi connectivity index (χ4n) is 3.93. The monoisotopic (exact) mass is 493 g/mol. The molecule has 0 aliphatic carbocycles. The number of benzene rings is 3. The Morgan fingerprint density at radius 3 is 2.08 bits per heavy atom. The van der Waals surface area contributed by atoms with E-state index in [1.807, 2.05) is 13.8 Å². The van der Waals surface area contributed by atoms with Crippen LogP contribution in [0.1, 0.15) is 41.4 Å². The number of amides is 3. The van der Waals surface area contributed by atoms with Crippen LogP contribution in [-0.4, -0.2) is 34.9 Å². The van der Waals surface area contributed by atoms with E-state index in [9.17, 15) is 23.2 Å². The van der Waals surface area contributed by atoms with Crippen molar-refractivity contribution in [1.82, 2.24) is 10.2 Å². The van der Waals surface area contributed by atoms with Gasteiger partial charge in [-0.15, -0.1) is 0 Å². The third kappa shape index (κ3) is 5.68. The van der Waals surface area contributed by atoms with Crippen molar-refractivity contribution < 1.29 is 27.9 Å². The molecule has 2 unspecified atom stereocenters. The first-order chi connectivity index (χ1) is 17.2. The van der Waals surface area contributed by atoms with Gasteiger partial charge in [0.15, 0.2) is 12.1 Å². The Morgan fingerprint density at radius 2 is 1.50 bits per heavy atom. The molecule has 4 rings (SSSR count). The van der Waals surface area contributed by atoms with Gasteiger partial charge in [-0.05, 0) is 73.5 Å².